The molecule has 0 heterocycles. The Kier molecular flexibility index (Phi) is 2.22. The van der Waals surface area contributed by atoms with Crippen molar-refractivity contribution < 1.29 is 0 Å². The Morgan fingerprint density at radius 2 is 2.08 bits per heavy atom. The lowest BCUT2D eigenvalue weighted by atomic mass is 9.57. The highest BCUT2D eigenvalue weighted by Gasteiger charge is 2.48. The van der Waals surface area contributed by atoms with Gasteiger partial charge in [0.05, 0.1) is 0 Å². The molecule has 2 fully saturated rings. The Bertz CT molecular complexity index is 166. The van der Waals surface area contributed by atoms with Crippen LogP contribution in [0.1, 0.15) is 45.4 Å². The first-order chi connectivity index (χ1) is 5.77. The van der Waals surface area contributed by atoms with Crippen molar-refractivity contribution >= 4 is 7.85 Å². The summed E-state index contributed by atoms with van der Waals surface area (Å²) in [4.78, 5) is 0. The largest absolute Gasteiger partial charge is 0.101 e. The predicted molar refractivity (Wildman–Crippen MR) is 56.1 cm³/mol. The summed E-state index contributed by atoms with van der Waals surface area (Å²) >= 11 is 0. The van der Waals surface area contributed by atoms with Crippen LogP contribution < -0.4 is 0 Å². The minimum atomic E-state index is 0.857. The molecule has 2 rings (SSSR count). The Morgan fingerprint density at radius 1 is 1.33 bits per heavy atom. The molecule has 0 aliphatic heterocycles. The molecule has 1 spiro atoms. The highest BCUT2D eigenvalue weighted by molar-refractivity contribution is 6.08. The van der Waals surface area contributed by atoms with Crippen LogP contribution in [-0.2, 0) is 0 Å². The van der Waals surface area contributed by atoms with Gasteiger partial charge in [-0.05, 0) is 42.9 Å². The van der Waals surface area contributed by atoms with Gasteiger partial charge in [-0.3, -0.25) is 0 Å². The minimum absolute atomic E-state index is 0.857. The first-order valence-corrected chi connectivity index (χ1v) is 5.77. The van der Waals surface area contributed by atoms with Crippen LogP contribution in [0, 0.1) is 17.3 Å². The predicted octanol–water partition coefficient (Wildman–Crippen LogP) is 2.64. The lowest BCUT2D eigenvalue weighted by Gasteiger charge is -2.48. The van der Waals surface area contributed by atoms with Gasteiger partial charge < -0.3 is 0 Å². The van der Waals surface area contributed by atoms with Crippen LogP contribution in [0.25, 0.3) is 0 Å². The molecular weight excluding hydrogens is 143 g/mol. The molecule has 1 heteroatoms. The molecule has 0 aromatic rings. The van der Waals surface area contributed by atoms with Crippen molar-refractivity contribution in [2.75, 3.05) is 0 Å². The van der Waals surface area contributed by atoms with Crippen molar-refractivity contribution in [2.45, 2.75) is 51.8 Å². The van der Waals surface area contributed by atoms with Crippen LogP contribution in [0.5, 0.6) is 0 Å². The van der Waals surface area contributed by atoms with Crippen LogP contribution in [0.2, 0.25) is 6.32 Å². The van der Waals surface area contributed by atoms with Gasteiger partial charge in [0.1, 0.15) is 7.85 Å². The number of hydrogen-bond acceptors (Lipinski definition) is 0. The fourth-order valence-electron chi connectivity index (χ4n) is 3.59. The molecule has 0 radical (unpaired) electrons. The molecule has 3 unspecified atom stereocenters. The van der Waals surface area contributed by atoms with Crippen LogP contribution in [0.4, 0.5) is 0 Å². The van der Waals surface area contributed by atoms with Gasteiger partial charge in [-0.25, -0.2) is 0 Å². The maximum atomic E-state index is 2.44. The van der Waals surface area contributed by atoms with Crippen molar-refractivity contribution in [3.8, 4) is 0 Å². The summed E-state index contributed by atoms with van der Waals surface area (Å²) < 4.78 is 0. The molecule has 2 saturated carbocycles. The summed E-state index contributed by atoms with van der Waals surface area (Å²) in [7, 11) is 2.34. The molecule has 2 aliphatic carbocycles. The second-order valence-electron chi connectivity index (χ2n) is 5.23. The molecule has 0 saturated heterocycles. The average molecular weight is 164 g/mol. The molecule has 68 valence electrons. The molecule has 3 atom stereocenters. The molecule has 12 heavy (non-hydrogen) atoms. The van der Waals surface area contributed by atoms with E-state index in [0.29, 0.717) is 0 Å². The van der Waals surface area contributed by atoms with Crippen LogP contribution >= 0.6 is 0 Å². The van der Waals surface area contributed by atoms with Crippen molar-refractivity contribution in [2.24, 2.45) is 17.3 Å². The molecule has 0 bridgehead atoms. The third-order valence-electron chi connectivity index (χ3n) is 4.38. The van der Waals surface area contributed by atoms with Gasteiger partial charge in [-0.2, -0.15) is 0 Å². The van der Waals surface area contributed by atoms with E-state index in [0.717, 1.165) is 17.3 Å². The quantitative estimate of drug-likeness (QED) is 0.550. The highest BCUT2D eigenvalue weighted by atomic mass is 14.5. The van der Waals surface area contributed by atoms with E-state index in [1.54, 1.807) is 25.7 Å². The second-order valence-corrected chi connectivity index (χ2v) is 5.23. The van der Waals surface area contributed by atoms with Crippen molar-refractivity contribution in [1.29, 1.82) is 0 Å². The second kappa shape index (κ2) is 3.08. The maximum Gasteiger partial charge on any atom is 0.101 e. The monoisotopic (exact) mass is 164 g/mol. The van der Waals surface area contributed by atoms with Gasteiger partial charge >= 0.3 is 0 Å². The van der Waals surface area contributed by atoms with E-state index in [1.807, 2.05) is 0 Å². The smallest absolute Gasteiger partial charge is 0.0808 e. The summed E-state index contributed by atoms with van der Waals surface area (Å²) in [5.74, 6) is 2.15. The van der Waals surface area contributed by atoms with Crippen LogP contribution in [0.15, 0.2) is 0 Å². The van der Waals surface area contributed by atoms with E-state index in [1.165, 1.54) is 19.2 Å². The molecule has 0 nitrogen and oxygen atoms in total. The first-order valence-electron chi connectivity index (χ1n) is 5.77. The Labute approximate surface area is 77.5 Å². The fourth-order valence-corrected chi connectivity index (χ4v) is 3.59. The van der Waals surface area contributed by atoms with Gasteiger partial charge in [-0.15, -0.1) is 0 Å². The Morgan fingerprint density at radius 3 is 2.50 bits per heavy atom. The maximum absolute atomic E-state index is 2.44. The fraction of sp³-hybridized carbons (Fsp3) is 1.00. The van der Waals surface area contributed by atoms with Crippen LogP contribution in [-0.4, -0.2) is 7.85 Å². The zero-order chi connectivity index (χ0) is 8.60. The SMILES string of the molecule is BCCC1CCC12CCC(C)C2. The summed E-state index contributed by atoms with van der Waals surface area (Å²) in [6.07, 6.45) is 10.6. The Balaban J connectivity index is 1.94. The third kappa shape index (κ3) is 1.22. The minimum Gasteiger partial charge on any atom is -0.0808 e. The highest BCUT2D eigenvalue weighted by Crippen LogP contribution is 2.60. The third-order valence-corrected chi connectivity index (χ3v) is 4.38. The molecular formula is C11H21B. The van der Waals surface area contributed by atoms with Gasteiger partial charge in [0, 0.05) is 0 Å². The van der Waals surface area contributed by atoms with Gasteiger partial charge in [-0.1, -0.05) is 26.1 Å². The van der Waals surface area contributed by atoms with Crippen LogP contribution in [0.3, 0.4) is 0 Å². The summed E-state index contributed by atoms with van der Waals surface area (Å²) in [5, 5.41) is 0. The standard InChI is InChI=1S/C11H21B/c1-9-2-5-11(8-9)6-3-10(11)4-7-12/h9-10H,2-8,12H2,1H3. The molecule has 0 aromatic heterocycles. The summed E-state index contributed by atoms with van der Waals surface area (Å²) in [6.45, 7) is 2.44. The van der Waals surface area contributed by atoms with E-state index < -0.39 is 0 Å². The van der Waals surface area contributed by atoms with Gasteiger partial charge in [0.25, 0.3) is 0 Å². The lowest BCUT2D eigenvalue weighted by molar-refractivity contribution is 0.0308. The lowest BCUT2D eigenvalue weighted by Crippen LogP contribution is -2.37. The zero-order valence-electron chi connectivity index (χ0n) is 8.60. The molecule has 0 amide bonds. The van der Waals surface area contributed by atoms with Crippen molar-refractivity contribution in [3.05, 3.63) is 0 Å². The topological polar surface area (TPSA) is 0 Å². The van der Waals surface area contributed by atoms with Gasteiger partial charge in [0.2, 0.25) is 0 Å². The summed E-state index contributed by atoms with van der Waals surface area (Å²) in [6, 6.07) is 0. The van der Waals surface area contributed by atoms with E-state index in [-0.39, 0.29) is 0 Å². The molecule has 0 N–H and O–H groups in total. The van der Waals surface area contributed by atoms with Crippen molar-refractivity contribution in [3.63, 3.8) is 0 Å². The Hall–Kier alpha value is 0.0649. The molecule has 2 aliphatic rings. The van der Waals surface area contributed by atoms with E-state index in [2.05, 4.69) is 14.8 Å². The van der Waals surface area contributed by atoms with Crippen molar-refractivity contribution in [1.82, 2.24) is 0 Å². The number of rotatable bonds is 2. The normalized spacial score (nSPS) is 46.4. The van der Waals surface area contributed by atoms with E-state index in [4.69, 9.17) is 0 Å². The summed E-state index contributed by atoms with van der Waals surface area (Å²) in [5.41, 5.74) is 0.857. The van der Waals surface area contributed by atoms with E-state index >= 15 is 0 Å². The zero-order valence-corrected chi connectivity index (χ0v) is 8.60. The van der Waals surface area contributed by atoms with Gasteiger partial charge in [0.15, 0.2) is 0 Å². The average Bonchev–Trinajstić information content (AvgIpc) is 2.44. The number of hydrogen-bond donors (Lipinski definition) is 0. The first kappa shape index (κ1) is 8.65. The molecule has 0 aromatic carbocycles. The van der Waals surface area contributed by atoms with E-state index in [9.17, 15) is 0 Å².